The monoisotopic (exact) mass is 399 g/mol. The van der Waals surface area contributed by atoms with Crippen LogP contribution >= 0.6 is 0 Å². The highest BCUT2D eigenvalue weighted by molar-refractivity contribution is 7.92. The van der Waals surface area contributed by atoms with Crippen molar-refractivity contribution in [3.8, 4) is 6.07 Å². The van der Waals surface area contributed by atoms with Crippen LogP contribution in [0.25, 0.3) is 0 Å². The molecule has 8 nitrogen and oxygen atoms in total. The van der Waals surface area contributed by atoms with Gasteiger partial charge in [-0.2, -0.15) is 5.26 Å². The van der Waals surface area contributed by atoms with Gasteiger partial charge in [0.05, 0.1) is 17.1 Å². The molecule has 0 radical (unpaired) electrons. The Morgan fingerprint density at radius 1 is 1.33 bits per heavy atom. The molecule has 0 aromatic heterocycles. The number of amides is 2. The van der Waals surface area contributed by atoms with Gasteiger partial charge in [0.2, 0.25) is 5.91 Å². The van der Waals surface area contributed by atoms with E-state index in [1.165, 1.54) is 4.90 Å². The van der Waals surface area contributed by atoms with Crippen LogP contribution in [-0.2, 0) is 19.4 Å². The predicted octanol–water partition coefficient (Wildman–Crippen LogP) is 1.61. The lowest BCUT2D eigenvalue weighted by atomic mass is 10.2. The van der Waals surface area contributed by atoms with E-state index in [-0.39, 0.29) is 24.6 Å². The molecule has 2 amide bonds. The minimum atomic E-state index is -3.46. The molecule has 0 spiro atoms. The Kier molecular flexibility index (Phi) is 5.81. The van der Waals surface area contributed by atoms with E-state index in [2.05, 4.69) is 11.4 Å². The summed E-state index contributed by atoms with van der Waals surface area (Å²) < 4.78 is 30.7. The Morgan fingerprint density at radius 3 is 2.37 bits per heavy atom. The number of carbonyl (C=O) groups excluding carboxylic acids is 2. The van der Waals surface area contributed by atoms with Gasteiger partial charge in [0.15, 0.2) is 9.84 Å². The second kappa shape index (κ2) is 7.30. The molecule has 152 valence electrons. The molecule has 1 aliphatic heterocycles. The maximum absolute atomic E-state index is 12.7. The van der Waals surface area contributed by atoms with Crippen molar-refractivity contribution in [3.05, 3.63) is 0 Å². The van der Waals surface area contributed by atoms with Crippen LogP contribution in [0.4, 0.5) is 4.79 Å². The molecule has 2 fully saturated rings. The molecule has 2 aliphatic rings. The number of nitriles is 1. The summed E-state index contributed by atoms with van der Waals surface area (Å²) in [5, 5.41) is 11.0. The number of rotatable bonds is 5. The normalized spacial score (nSPS) is 24.4. The molecule has 1 aliphatic carbocycles. The van der Waals surface area contributed by atoms with E-state index in [9.17, 15) is 23.3 Å². The minimum absolute atomic E-state index is 0.00367. The summed E-state index contributed by atoms with van der Waals surface area (Å²) in [6.07, 6.45) is 0.418. The van der Waals surface area contributed by atoms with Gasteiger partial charge in [-0.25, -0.2) is 13.2 Å². The predicted molar refractivity (Wildman–Crippen MR) is 99.5 cm³/mol. The maximum Gasteiger partial charge on any atom is 0.411 e. The van der Waals surface area contributed by atoms with Gasteiger partial charge in [-0.05, 0) is 46.0 Å². The molecule has 0 aromatic carbocycles. The lowest BCUT2D eigenvalue weighted by Gasteiger charge is -2.28. The molecule has 2 atom stereocenters. The molecule has 1 saturated carbocycles. The highest BCUT2D eigenvalue weighted by Gasteiger charge is 2.50. The molecule has 0 aromatic rings. The average molecular weight is 400 g/mol. The van der Waals surface area contributed by atoms with Crippen molar-refractivity contribution in [1.82, 2.24) is 10.2 Å². The van der Waals surface area contributed by atoms with Crippen molar-refractivity contribution in [2.45, 2.75) is 76.3 Å². The van der Waals surface area contributed by atoms with Crippen molar-refractivity contribution in [2.75, 3.05) is 12.3 Å². The molecule has 1 N–H and O–H groups in total. The third-order valence-corrected chi connectivity index (χ3v) is 7.08. The van der Waals surface area contributed by atoms with Crippen LogP contribution in [0, 0.1) is 17.2 Å². The Labute approximate surface area is 161 Å². The Morgan fingerprint density at radius 2 is 1.93 bits per heavy atom. The van der Waals surface area contributed by atoms with Crippen LogP contribution in [-0.4, -0.2) is 60.0 Å². The number of likely N-dealkylation sites (tertiary alicyclic amines) is 1. The van der Waals surface area contributed by atoms with Crippen LogP contribution < -0.4 is 5.32 Å². The average Bonchev–Trinajstić information content (AvgIpc) is 3.09. The zero-order valence-corrected chi connectivity index (χ0v) is 17.4. The summed E-state index contributed by atoms with van der Waals surface area (Å²) in [6, 6.07) is 1.11. The maximum atomic E-state index is 12.7. The second-order valence-corrected chi connectivity index (χ2v) is 11.2. The smallest absolute Gasteiger partial charge is 0.411 e. The van der Waals surface area contributed by atoms with E-state index >= 15 is 0 Å². The fourth-order valence-corrected chi connectivity index (χ4v) is 5.20. The van der Waals surface area contributed by atoms with Gasteiger partial charge in [0.25, 0.3) is 0 Å². The number of hydrogen-bond acceptors (Lipinski definition) is 6. The summed E-state index contributed by atoms with van der Waals surface area (Å²) in [5.41, 5.74) is -1.65. The van der Waals surface area contributed by atoms with Gasteiger partial charge in [0, 0.05) is 6.54 Å². The van der Waals surface area contributed by atoms with E-state index in [1.54, 1.807) is 20.8 Å². The topological polar surface area (TPSA) is 117 Å². The third kappa shape index (κ3) is 5.34. The molecular formula is C18H29N3O5S. The first-order valence-corrected chi connectivity index (χ1v) is 10.9. The standard InChI is InChI=1S/C18H29N3O5S/c1-12(2)10-27(24,25)13-8-14(15(22)20-18(11-19)6-7-18)21(9-13)16(23)26-17(3,4)5/h12-14H,6-10H2,1-5H3,(H,20,22)/t13-,14+/m1/s1. The zero-order valence-electron chi connectivity index (χ0n) is 16.6. The summed E-state index contributed by atoms with van der Waals surface area (Å²) in [7, 11) is -3.46. The number of sulfone groups is 1. The first-order valence-electron chi connectivity index (χ1n) is 9.23. The largest absolute Gasteiger partial charge is 0.444 e. The van der Waals surface area contributed by atoms with Gasteiger partial charge in [0.1, 0.15) is 17.2 Å². The third-order valence-electron chi connectivity index (χ3n) is 4.59. The number of nitrogens with zero attached hydrogens (tertiary/aromatic N) is 2. The number of hydrogen-bond donors (Lipinski definition) is 1. The first kappa shape index (κ1) is 21.5. The van der Waals surface area contributed by atoms with Crippen LogP contribution in [0.5, 0.6) is 0 Å². The highest BCUT2D eigenvalue weighted by Crippen LogP contribution is 2.35. The van der Waals surface area contributed by atoms with E-state index < -0.39 is 44.3 Å². The van der Waals surface area contributed by atoms with Gasteiger partial charge in [-0.3, -0.25) is 9.69 Å². The number of ether oxygens (including phenoxy) is 1. The number of carbonyl (C=O) groups is 2. The van der Waals surface area contributed by atoms with E-state index in [0.717, 1.165) is 0 Å². The summed E-state index contributed by atoms with van der Waals surface area (Å²) in [4.78, 5) is 26.5. The molecule has 9 heteroatoms. The minimum Gasteiger partial charge on any atom is -0.444 e. The van der Waals surface area contributed by atoms with Crippen LogP contribution in [0.2, 0.25) is 0 Å². The molecule has 2 rings (SSSR count). The molecule has 27 heavy (non-hydrogen) atoms. The van der Waals surface area contributed by atoms with E-state index in [0.29, 0.717) is 12.8 Å². The van der Waals surface area contributed by atoms with Gasteiger partial charge in [-0.15, -0.1) is 0 Å². The Balaban J connectivity index is 2.22. The molecule has 0 unspecified atom stereocenters. The van der Waals surface area contributed by atoms with Crippen molar-refractivity contribution >= 4 is 21.8 Å². The van der Waals surface area contributed by atoms with Gasteiger partial charge < -0.3 is 10.1 Å². The van der Waals surface area contributed by atoms with Crippen LogP contribution in [0.3, 0.4) is 0 Å². The summed E-state index contributed by atoms with van der Waals surface area (Å²) in [5.74, 6) is -0.552. The Bertz CT molecular complexity index is 744. The van der Waals surface area contributed by atoms with E-state index in [4.69, 9.17) is 4.74 Å². The van der Waals surface area contributed by atoms with Gasteiger partial charge >= 0.3 is 6.09 Å². The van der Waals surface area contributed by atoms with Crippen LogP contribution in [0.1, 0.15) is 53.9 Å². The molecule has 0 bridgehead atoms. The number of nitrogens with one attached hydrogen (secondary N) is 1. The lowest BCUT2D eigenvalue weighted by Crippen LogP contribution is -2.50. The SMILES string of the molecule is CC(C)CS(=O)(=O)[C@@H]1C[C@@H](C(=O)NC2(C#N)CC2)N(C(=O)OC(C)(C)C)C1. The first-order chi connectivity index (χ1) is 12.3. The van der Waals surface area contributed by atoms with Gasteiger partial charge in [-0.1, -0.05) is 13.8 Å². The van der Waals surface area contributed by atoms with E-state index in [1.807, 2.05) is 13.8 Å². The van der Waals surface area contributed by atoms with Crippen LogP contribution in [0.15, 0.2) is 0 Å². The highest BCUT2D eigenvalue weighted by atomic mass is 32.2. The van der Waals surface area contributed by atoms with Crippen molar-refractivity contribution in [2.24, 2.45) is 5.92 Å². The molecular weight excluding hydrogens is 370 g/mol. The van der Waals surface area contributed by atoms with Crippen molar-refractivity contribution in [3.63, 3.8) is 0 Å². The summed E-state index contributed by atoms with van der Waals surface area (Å²) in [6.45, 7) is 8.66. The molecule has 1 saturated heterocycles. The molecule has 1 heterocycles. The van der Waals surface area contributed by atoms with Crippen molar-refractivity contribution < 1.29 is 22.7 Å². The lowest BCUT2D eigenvalue weighted by molar-refractivity contribution is -0.126. The fraction of sp³-hybridized carbons (Fsp3) is 0.833. The summed E-state index contributed by atoms with van der Waals surface area (Å²) >= 11 is 0. The quantitative estimate of drug-likeness (QED) is 0.751. The second-order valence-electron chi connectivity index (χ2n) is 8.91. The Hall–Kier alpha value is -1.82. The van der Waals surface area contributed by atoms with Crippen molar-refractivity contribution in [1.29, 1.82) is 5.26 Å². The fourth-order valence-electron chi connectivity index (χ4n) is 3.14. The zero-order chi connectivity index (χ0) is 20.6.